The van der Waals surface area contributed by atoms with Gasteiger partial charge in [0, 0.05) is 35.7 Å². The highest BCUT2D eigenvalue weighted by Crippen LogP contribution is 2.19. The molecule has 7 nitrogen and oxygen atoms in total. The van der Waals surface area contributed by atoms with Crippen LogP contribution >= 0.6 is 0 Å². The van der Waals surface area contributed by atoms with Crippen LogP contribution in [0.15, 0.2) is 48.5 Å². The van der Waals surface area contributed by atoms with Crippen molar-refractivity contribution < 1.29 is 19.1 Å². The normalized spacial score (nSPS) is 13.9. The van der Waals surface area contributed by atoms with Crippen LogP contribution in [0.2, 0.25) is 0 Å². The van der Waals surface area contributed by atoms with Gasteiger partial charge in [0.05, 0.1) is 13.2 Å². The van der Waals surface area contributed by atoms with Gasteiger partial charge < -0.3 is 25.4 Å². The quantitative estimate of drug-likeness (QED) is 0.456. The molecule has 2 aromatic carbocycles. The molecule has 1 fully saturated rings. The van der Waals surface area contributed by atoms with Crippen molar-refractivity contribution >= 4 is 23.2 Å². The number of carbonyl (C=O) groups is 2. The van der Waals surface area contributed by atoms with E-state index < -0.39 is 0 Å². The fourth-order valence-corrected chi connectivity index (χ4v) is 3.67. The van der Waals surface area contributed by atoms with Gasteiger partial charge in [0.2, 0.25) is 5.91 Å². The van der Waals surface area contributed by atoms with E-state index in [0.717, 1.165) is 18.5 Å². The number of anilines is 2. The van der Waals surface area contributed by atoms with Gasteiger partial charge in [-0.1, -0.05) is 25.3 Å². The fraction of sp³-hybridized carbons (Fsp3) is 0.440. The van der Waals surface area contributed by atoms with Gasteiger partial charge in [0.25, 0.3) is 5.91 Å². The molecule has 0 bridgehead atoms. The number of amides is 2. The van der Waals surface area contributed by atoms with Gasteiger partial charge in [0.15, 0.2) is 0 Å². The molecule has 0 spiro atoms. The van der Waals surface area contributed by atoms with Crippen LogP contribution in [0.3, 0.4) is 0 Å². The van der Waals surface area contributed by atoms with Crippen LogP contribution in [0, 0.1) is 0 Å². The molecule has 172 valence electrons. The molecule has 2 aromatic rings. The molecule has 3 rings (SSSR count). The Kier molecular flexibility index (Phi) is 9.37. The van der Waals surface area contributed by atoms with Crippen LogP contribution in [0.25, 0.3) is 0 Å². The van der Waals surface area contributed by atoms with Crippen LogP contribution in [0.4, 0.5) is 11.4 Å². The monoisotopic (exact) mass is 439 g/mol. The minimum atomic E-state index is -0.171. The number of ether oxygens (including phenoxy) is 2. The van der Waals surface area contributed by atoms with Gasteiger partial charge in [-0.2, -0.15) is 0 Å². The van der Waals surface area contributed by atoms with E-state index in [1.165, 1.54) is 19.3 Å². The summed E-state index contributed by atoms with van der Waals surface area (Å²) < 4.78 is 10.9. The zero-order valence-corrected chi connectivity index (χ0v) is 18.7. The van der Waals surface area contributed by atoms with E-state index in [1.807, 2.05) is 37.3 Å². The smallest absolute Gasteiger partial charge is 0.251 e. The Morgan fingerprint density at radius 2 is 1.75 bits per heavy atom. The fourth-order valence-electron chi connectivity index (χ4n) is 3.67. The second-order valence-electron chi connectivity index (χ2n) is 7.86. The van der Waals surface area contributed by atoms with Crippen molar-refractivity contribution in [3.8, 4) is 5.75 Å². The van der Waals surface area contributed by atoms with E-state index in [9.17, 15) is 9.59 Å². The van der Waals surface area contributed by atoms with Crippen LogP contribution in [0.1, 0.15) is 49.4 Å². The molecule has 1 aliphatic rings. The van der Waals surface area contributed by atoms with Crippen LogP contribution in [0.5, 0.6) is 5.75 Å². The van der Waals surface area contributed by atoms with Gasteiger partial charge >= 0.3 is 0 Å². The molecule has 2 amide bonds. The van der Waals surface area contributed by atoms with Crippen LogP contribution in [-0.2, 0) is 9.53 Å². The molecule has 7 heteroatoms. The first-order chi connectivity index (χ1) is 15.6. The number of nitrogens with one attached hydrogen (secondary N) is 3. The topological polar surface area (TPSA) is 88.7 Å². The minimum Gasteiger partial charge on any atom is -0.491 e. The summed E-state index contributed by atoms with van der Waals surface area (Å²) in [5, 5.41) is 9.05. The molecule has 0 aromatic heterocycles. The maximum Gasteiger partial charge on any atom is 0.251 e. The lowest BCUT2D eigenvalue weighted by Crippen LogP contribution is -2.36. The number of benzene rings is 2. The molecule has 0 atom stereocenters. The van der Waals surface area contributed by atoms with E-state index in [4.69, 9.17) is 9.47 Å². The van der Waals surface area contributed by atoms with E-state index in [-0.39, 0.29) is 24.4 Å². The predicted octanol–water partition coefficient (Wildman–Crippen LogP) is 4.22. The third-order valence-corrected chi connectivity index (χ3v) is 5.36. The molecule has 32 heavy (non-hydrogen) atoms. The molecule has 0 radical (unpaired) electrons. The van der Waals surface area contributed by atoms with E-state index in [0.29, 0.717) is 36.8 Å². The molecule has 0 aliphatic heterocycles. The van der Waals surface area contributed by atoms with Crippen molar-refractivity contribution in [3.05, 3.63) is 54.1 Å². The molecule has 1 aliphatic carbocycles. The van der Waals surface area contributed by atoms with Crippen molar-refractivity contribution in [1.29, 1.82) is 0 Å². The van der Waals surface area contributed by atoms with E-state index in [1.54, 1.807) is 18.2 Å². The second-order valence-corrected chi connectivity index (χ2v) is 7.86. The SMILES string of the molecule is CCOCCOc1cccc(NC(=O)CNc2ccc(C(=O)NC3CCCCC3)cc2)c1. The number of carbonyl (C=O) groups excluding carboxylic acids is 2. The molecule has 3 N–H and O–H groups in total. The highest BCUT2D eigenvalue weighted by atomic mass is 16.5. The number of hydrogen-bond donors (Lipinski definition) is 3. The van der Waals surface area contributed by atoms with Gasteiger partial charge in [-0.05, 0) is 56.2 Å². The Balaban J connectivity index is 1.42. The first kappa shape index (κ1) is 23.6. The molecular weight excluding hydrogens is 406 g/mol. The third-order valence-electron chi connectivity index (χ3n) is 5.36. The standard InChI is InChI=1S/C25H33N3O4/c1-2-31-15-16-32-23-10-6-9-22(17-23)27-24(29)18-26-20-13-11-19(12-14-20)25(30)28-21-7-4-3-5-8-21/h6,9-14,17,21,26H,2-5,7-8,15-16,18H2,1H3,(H,27,29)(H,28,30). The summed E-state index contributed by atoms with van der Waals surface area (Å²) in [5.74, 6) is 0.470. The van der Waals surface area contributed by atoms with Crippen molar-refractivity contribution in [2.45, 2.75) is 45.1 Å². The third kappa shape index (κ3) is 7.89. The highest BCUT2D eigenvalue weighted by molar-refractivity contribution is 5.95. The first-order valence-electron chi connectivity index (χ1n) is 11.4. The summed E-state index contributed by atoms with van der Waals surface area (Å²) in [6, 6.07) is 14.7. The van der Waals surface area contributed by atoms with Gasteiger partial charge in [0.1, 0.15) is 12.4 Å². The summed E-state index contributed by atoms with van der Waals surface area (Å²) in [7, 11) is 0. The lowest BCUT2D eigenvalue weighted by atomic mass is 9.95. The Hall–Kier alpha value is -3.06. The average molecular weight is 440 g/mol. The van der Waals surface area contributed by atoms with Gasteiger partial charge in [-0.25, -0.2) is 0 Å². The van der Waals surface area contributed by atoms with Crippen LogP contribution < -0.4 is 20.7 Å². The number of hydrogen-bond acceptors (Lipinski definition) is 5. The van der Waals surface area contributed by atoms with Gasteiger partial charge in [-0.3, -0.25) is 9.59 Å². The first-order valence-corrected chi connectivity index (χ1v) is 11.4. The maximum atomic E-state index is 12.4. The van der Waals surface area contributed by atoms with Crippen molar-refractivity contribution in [1.82, 2.24) is 5.32 Å². The molecular formula is C25H33N3O4. The average Bonchev–Trinajstić information content (AvgIpc) is 2.82. The summed E-state index contributed by atoms with van der Waals surface area (Å²) in [5.41, 5.74) is 2.08. The zero-order valence-electron chi connectivity index (χ0n) is 18.7. The summed E-state index contributed by atoms with van der Waals surface area (Å²) in [6.45, 7) is 3.69. The largest absolute Gasteiger partial charge is 0.491 e. The molecule has 0 heterocycles. The Morgan fingerprint density at radius 3 is 2.50 bits per heavy atom. The van der Waals surface area contributed by atoms with E-state index >= 15 is 0 Å². The lowest BCUT2D eigenvalue weighted by Gasteiger charge is -2.22. The molecule has 0 saturated heterocycles. The summed E-state index contributed by atoms with van der Waals surface area (Å²) in [4.78, 5) is 24.7. The zero-order chi connectivity index (χ0) is 22.6. The Bertz CT molecular complexity index is 864. The second kappa shape index (κ2) is 12.7. The highest BCUT2D eigenvalue weighted by Gasteiger charge is 2.16. The number of rotatable bonds is 11. The molecule has 1 saturated carbocycles. The van der Waals surface area contributed by atoms with Crippen LogP contribution in [-0.4, -0.2) is 44.2 Å². The predicted molar refractivity (Wildman–Crippen MR) is 126 cm³/mol. The molecule has 0 unspecified atom stereocenters. The maximum absolute atomic E-state index is 12.4. The summed E-state index contributed by atoms with van der Waals surface area (Å²) >= 11 is 0. The van der Waals surface area contributed by atoms with Crippen molar-refractivity contribution in [2.75, 3.05) is 37.0 Å². The Labute approximate surface area is 189 Å². The lowest BCUT2D eigenvalue weighted by molar-refractivity contribution is -0.114. The minimum absolute atomic E-state index is 0.0375. The van der Waals surface area contributed by atoms with E-state index in [2.05, 4.69) is 16.0 Å². The van der Waals surface area contributed by atoms with Gasteiger partial charge in [-0.15, -0.1) is 0 Å². The summed E-state index contributed by atoms with van der Waals surface area (Å²) in [6.07, 6.45) is 5.74. The van der Waals surface area contributed by atoms with Crippen molar-refractivity contribution in [2.24, 2.45) is 0 Å². The van der Waals surface area contributed by atoms with Crippen molar-refractivity contribution in [3.63, 3.8) is 0 Å². The Morgan fingerprint density at radius 1 is 0.969 bits per heavy atom.